The average Bonchev–Trinajstić information content (AvgIpc) is 2.35. The lowest BCUT2D eigenvalue weighted by Crippen LogP contribution is -2.08. The fourth-order valence-electron chi connectivity index (χ4n) is 1.07. The minimum Gasteiger partial charge on any atom is -0.504 e. The maximum atomic E-state index is 9.11. The van der Waals surface area contributed by atoms with Gasteiger partial charge in [0.2, 0.25) is 0 Å². The lowest BCUT2D eigenvalue weighted by molar-refractivity contribution is 0.404. The second kappa shape index (κ2) is 2.04. The average molecular weight is 165 g/mol. The van der Waals surface area contributed by atoms with E-state index in [2.05, 4.69) is 5.10 Å². The van der Waals surface area contributed by atoms with Crippen LogP contribution in [-0.2, 0) is 0 Å². The minimum atomic E-state index is -0.199. The normalized spacial score (nSPS) is 10.7. The van der Waals surface area contributed by atoms with Crippen LogP contribution >= 0.6 is 0 Å². The van der Waals surface area contributed by atoms with E-state index < -0.39 is 0 Å². The van der Waals surface area contributed by atoms with Crippen molar-refractivity contribution in [2.24, 2.45) is 0 Å². The summed E-state index contributed by atoms with van der Waals surface area (Å²) < 4.78 is 0. The summed E-state index contributed by atoms with van der Waals surface area (Å²) in [5.74, 6) is 5.04. The van der Waals surface area contributed by atoms with Crippen LogP contribution in [-0.4, -0.2) is 20.1 Å². The van der Waals surface area contributed by atoms with Crippen molar-refractivity contribution in [3.05, 3.63) is 18.3 Å². The standard InChI is InChI=1S/C7H7N3O2/c8-10-5-2-7(12)6(11)1-4(5)3-9-10/h1-3,11-12H,8H2. The van der Waals surface area contributed by atoms with Crippen molar-refractivity contribution < 1.29 is 10.2 Å². The Balaban J connectivity index is 2.87. The van der Waals surface area contributed by atoms with Gasteiger partial charge in [0.15, 0.2) is 11.5 Å². The summed E-state index contributed by atoms with van der Waals surface area (Å²) in [6.45, 7) is 0. The molecular formula is C7H7N3O2. The second-order valence-corrected chi connectivity index (χ2v) is 2.49. The lowest BCUT2D eigenvalue weighted by Gasteiger charge is -1.97. The molecule has 0 atom stereocenters. The first-order chi connectivity index (χ1) is 5.68. The van der Waals surface area contributed by atoms with Gasteiger partial charge >= 0.3 is 0 Å². The number of aromatic hydroxyl groups is 2. The molecule has 0 saturated carbocycles. The summed E-state index contributed by atoms with van der Waals surface area (Å²) in [7, 11) is 0. The summed E-state index contributed by atoms with van der Waals surface area (Å²) in [6, 6.07) is 2.76. The summed E-state index contributed by atoms with van der Waals surface area (Å²) >= 11 is 0. The molecular weight excluding hydrogens is 158 g/mol. The topological polar surface area (TPSA) is 84.3 Å². The molecule has 0 fully saturated rings. The number of phenolic OH excluding ortho intramolecular Hbond substituents is 2. The molecule has 1 aromatic carbocycles. The SMILES string of the molecule is Nn1ncc2cc(O)c(O)cc21. The van der Waals surface area contributed by atoms with Gasteiger partial charge in [0.25, 0.3) is 0 Å². The predicted molar refractivity (Wildman–Crippen MR) is 43.2 cm³/mol. The van der Waals surface area contributed by atoms with Gasteiger partial charge in [-0.2, -0.15) is 9.89 Å². The Morgan fingerprint density at radius 1 is 1.25 bits per heavy atom. The van der Waals surface area contributed by atoms with E-state index in [1.165, 1.54) is 18.3 Å². The number of benzene rings is 1. The number of nitrogens with zero attached hydrogens (tertiary/aromatic N) is 2. The van der Waals surface area contributed by atoms with Crippen LogP contribution in [0.5, 0.6) is 11.5 Å². The number of phenols is 2. The summed E-state index contributed by atoms with van der Waals surface area (Å²) in [5.41, 5.74) is 0.574. The molecule has 0 aliphatic heterocycles. The quantitative estimate of drug-likeness (QED) is 0.383. The van der Waals surface area contributed by atoms with Crippen LogP contribution < -0.4 is 5.84 Å². The number of nitrogen functional groups attached to an aromatic ring is 1. The van der Waals surface area contributed by atoms with Gasteiger partial charge in [-0.25, -0.2) is 0 Å². The van der Waals surface area contributed by atoms with Crippen molar-refractivity contribution in [1.29, 1.82) is 0 Å². The molecule has 0 aliphatic rings. The first-order valence-corrected chi connectivity index (χ1v) is 3.33. The maximum Gasteiger partial charge on any atom is 0.159 e. The molecule has 0 bridgehead atoms. The van der Waals surface area contributed by atoms with Gasteiger partial charge < -0.3 is 16.1 Å². The zero-order valence-corrected chi connectivity index (χ0v) is 6.10. The highest BCUT2D eigenvalue weighted by atomic mass is 16.3. The zero-order chi connectivity index (χ0) is 8.72. The van der Waals surface area contributed by atoms with Crippen LogP contribution in [0.4, 0.5) is 0 Å². The predicted octanol–water partition coefficient (Wildman–Crippen LogP) is 0.161. The van der Waals surface area contributed by atoms with Gasteiger partial charge in [0.1, 0.15) is 0 Å². The van der Waals surface area contributed by atoms with Crippen molar-refractivity contribution in [2.45, 2.75) is 0 Å². The van der Waals surface area contributed by atoms with Crippen LogP contribution in [0.2, 0.25) is 0 Å². The molecule has 0 spiro atoms. The van der Waals surface area contributed by atoms with Gasteiger partial charge in [-0.05, 0) is 6.07 Å². The van der Waals surface area contributed by atoms with Gasteiger partial charge in [-0.1, -0.05) is 0 Å². The summed E-state index contributed by atoms with van der Waals surface area (Å²) in [6.07, 6.45) is 1.51. The number of nitrogens with two attached hydrogens (primary N) is 1. The molecule has 0 aliphatic carbocycles. The minimum absolute atomic E-state index is 0.171. The van der Waals surface area contributed by atoms with Gasteiger partial charge in [-0.15, -0.1) is 0 Å². The second-order valence-electron chi connectivity index (χ2n) is 2.49. The van der Waals surface area contributed by atoms with Crippen molar-refractivity contribution in [3.63, 3.8) is 0 Å². The molecule has 5 heteroatoms. The molecule has 0 radical (unpaired) electrons. The summed E-state index contributed by atoms with van der Waals surface area (Å²) in [4.78, 5) is 1.13. The number of hydrogen-bond donors (Lipinski definition) is 3. The van der Waals surface area contributed by atoms with E-state index in [0.29, 0.717) is 10.9 Å². The van der Waals surface area contributed by atoms with E-state index in [1.807, 2.05) is 0 Å². The molecule has 2 aromatic rings. The van der Waals surface area contributed by atoms with E-state index >= 15 is 0 Å². The van der Waals surface area contributed by atoms with Crippen molar-refractivity contribution in [1.82, 2.24) is 9.89 Å². The fraction of sp³-hybridized carbons (Fsp3) is 0. The van der Waals surface area contributed by atoms with Crippen LogP contribution in [0.1, 0.15) is 0 Å². The highest BCUT2D eigenvalue weighted by molar-refractivity contribution is 5.82. The van der Waals surface area contributed by atoms with Crippen molar-refractivity contribution in [3.8, 4) is 11.5 Å². The maximum absolute atomic E-state index is 9.11. The monoisotopic (exact) mass is 165 g/mol. The number of rotatable bonds is 0. The molecule has 0 saturated heterocycles. The Kier molecular flexibility index (Phi) is 1.15. The molecule has 1 aromatic heterocycles. The molecule has 5 nitrogen and oxygen atoms in total. The Bertz CT molecular complexity index is 435. The number of aromatic nitrogens is 2. The number of fused-ring (bicyclic) bond motifs is 1. The Labute approximate surface area is 67.6 Å². The Morgan fingerprint density at radius 3 is 2.67 bits per heavy atom. The van der Waals surface area contributed by atoms with Crippen molar-refractivity contribution in [2.75, 3.05) is 5.84 Å². The zero-order valence-electron chi connectivity index (χ0n) is 6.10. The van der Waals surface area contributed by atoms with Crippen molar-refractivity contribution >= 4 is 10.9 Å². The molecule has 62 valence electrons. The molecule has 0 amide bonds. The summed E-state index contributed by atoms with van der Waals surface area (Å²) in [5, 5.41) is 22.7. The van der Waals surface area contributed by atoms with Gasteiger partial charge in [-0.3, -0.25) is 0 Å². The largest absolute Gasteiger partial charge is 0.504 e. The first kappa shape index (κ1) is 6.78. The molecule has 0 unspecified atom stereocenters. The first-order valence-electron chi connectivity index (χ1n) is 3.33. The van der Waals surface area contributed by atoms with E-state index in [1.54, 1.807) is 0 Å². The highest BCUT2D eigenvalue weighted by Gasteiger charge is 2.05. The van der Waals surface area contributed by atoms with Crippen LogP contribution in [0.25, 0.3) is 10.9 Å². The molecule has 1 heterocycles. The Hall–Kier alpha value is -1.91. The smallest absolute Gasteiger partial charge is 0.159 e. The fourth-order valence-corrected chi connectivity index (χ4v) is 1.07. The lowest BCUT2D eigenvalue weighted by atomic mass is 10.2. The van der Waals surface area contributed by atoms with E-state index in [9.17, 15) is 0 Å². The Morgan fingerprint density at radius 2 is 1.92 bits per heavy atom. The van der Waals surface area contributed by atoms with Crippen LogP contribution in [0, 0.1) is 0 Å². The van der Waals surface area contributed by atoms with Gasteiger partial charge in [0.05, 0.1) is 11.7 Å². The third-order valence-corrected chi connectivity index (χ3v) is 1.69. The van der Waals surface area contributed by atoms with E-state index in [0.717, 1.165) is 4.79 Å². The third kappa shape index (κ3) is 0.763. The molecule has 2 rings (SSSR count). The van der Waals surface area contributed by atoms with E-state index in [4.69, 9.17) is 16.1 Å². The molecule has 4 N–H and O–H groups in total. The molecule has 12 heavy (non-hydrogen) atoms. The van der Waals surface area contributed by atoms with E-state index in [-0.39, 0.29) is 11.5 Å². The number of hydrogen-bond acceptors (Lipinski definition) is 4. The van der Waals surface area contributed by atoms with Crippen LogP contribution in [0.15, 0.2) is 18.3 Å². The third-order valence-electron chi connectivity index (χ3n) is 1.69. The van der Waals surface area contributed by atoms with Crippen LogP contribution in [0.3, 0.4) is 0 Å². The highest BCUT2D eigenvalue weighted by Crippen LogP contribution is 2.29. The van der Waals surface area contributed by atoms with Gasteiger partial charge in [0, 0.05) is 11.5 Å².